The van der Waals surface area contributed by atoms with Crippen LogP contribution < -0.4 is 25.6 Å². The van der Waals surface area contributed by atoms with Crippen LogP contribution in [-0.2, 0) is 27.4 Å². The van der Waals surface area contributed by atoms with E-state index < -0.39 is 11.8 Å². The van der Waals surface area contributed by atoms with Gasteiger partial charge in [0.05, 0.1) is 25.5 Å². The molecule has 0 aliphatic carbocycles. The van der Waals surface area contributed by atoms with E-state index in [9.17, 15) is 14.7 Å². The van der Waals surface area contributed by atoms with E-state index in [2.05, 4.69) is 74.3 Å². The normalized spacial score (nSPS) is 19.8. The van der Waals surface area contributed by atoms with Crippen molar-refractivity contribution >= 4 is 23.3 Å². The van der Waals surface area contributed by atoms with Crippen LogP contribution in [0.2, 0.25) is 0 Å². The van der Waals surface area contributed by atoms with Gasteiger partial charge in [0.2, 0.25) is 5.91 Å². The standard InChI is InChI=1S/C51H51N5O6/c57-34-36-14-16-39(17-15-36)47-31-46(33-55-28-26-51(27-29-55)49(58)53-35-56(51)43-10-3-1-4-11-43)61-48(62-47)40-20-18-38(19-21-40)41-9-7-8-37(30-41)32-52-50(59)54-42-22-24-45(25-23-42)60-44-12-5-2-6-13-44/h1-25,30,46-48,57H,26-29,31-35H2,(H,53,58)(H2,52,54,59). The van der Waals surface area contributed by atoms with E-state index in [0.29, 0.717) is 31.1 Å². The van der Waals surface area contributed by atoms with Gasteiger partial charge in [0.15, 0.2) is 6.29 Å². The lowest BCUT2D eigenvalue weighted by Crippen LogP contribution is -2.57. The fraction of sp³-hybridized carbons (Fsp3) is 0.255. The van der Waals surface area contributed by atoms with Crippen molar-refractivity contribution in [1.82, 2.24) is 15.5 Å². The molecule has 3 fully saturated rings. The molecule has 3 amide bonds. The first-order valence-electron chi connectivity index (χ1n) is 21.3. The zero-order valence-corrected chi connectivity index (χ0v) is 34.5. The third-order valence-electron chi connectivity index (χ3n) is 12.2. The first-order chi connectivity index (χ1) is 30.4. The van der Waals surface area contributed by atoms with Crippen molar-refractivity contribution in [3.63, 3.8) is 0 Å². The molecule has 3 unspecified atom stereocenters. The molecule has 3 aliphatic rings. The minimum Gasteiger partial charge on any atom is -0.457 e. The van der Waals surface area contributed by atoms with Crippen LogP contribution in [0.3, 0.4) is 0 Å². The number of urea groups is 1. The summed E-state index contributed by atoms with van der Waals surface area (Å²) in [6.45, 7) is 3.15. The first-order valence-corrected chi connectivity index (χ1v) is 21.3. The quantitative estimate of drug-likeness (QED) is 0.0965. The van der Waals surface area contributed by atoms with E-state index in [0.717, 1.165) is 77.3 Å². The second kappa shape index (κ2) is 18.6. The van der Waals surface area contributed by atoms with Crippen molar-refractivity contribution < 1.29 is 28.9 Å². The monoisotopic (exact) mass is 829 g/mol. The Morgan fingerprint density at radius 2 is 1.44 bits per heavy atom. The van der Waals surface area contributed by atoms with Gasteiger partial charge in [-0.25, -0.2) is 4.79 Å². The number of nitrogens with one attached hydrogen (secondary N) is 3. The average molecular weight is 830 g/mol. The molecule has 1 spiro atoms. The molecule has 9 rings (SSSR count). The summed E-state index contributed by atoms with van der Waals surface area (Å²) in [5.41, 5.74) is 7.02. The molecule has 3 aliphatic heterocycles. The van der Waals surface area contributed by atoms with Crippen LogP contribution in [0.4, 0.5) is 16.2 Å². The summed E-state index contributed by atoms with van der Waals surface area (Å²) in [6.07, 6.45) is 1.25. The van der Waals surface area contributed by atoms with Crippen LogP contribution >= 0.6 is 0 Å². The zero-order valence-electron chi connectivity index (χ0n) is 34.5. The Bertz CT molecular complexity index is 2420. The fourth-order valence-corrected chi connectivity index (χ4v) is 8.74. The zero-order chi connectivity index (χ0) is 42.3. The molecular formula is C51H51N5O6. The van der Waals surface area contributed by atoms with E-state index in [1.165, 1.54) is 0 Å². The number of aliphatic hydroxyl groups is 1. The second-order valence-corrected chi connectivity index (χ2v) is 16.2. The number of rotatable bonds is 12. The summed E-state index contributed by atoms with van der Waals surface area (Å²) in [6, 6.07) is 51.1. The molecule has 6 aromatic rings. The van der Waals surface area contributed by atoms with E-state index in [4.69, 9.17) is 14.2 Å². The molecule has 0 bridgehead atoms. The first kappa shape index (κ1) is 40.9. The molecule has 62 heavy (non-hydrogen) atoms. The van der Waals surface area contributed by atoms with Crippen LogP contribution in [0, 0.1) is 0 Å². The number of carbonyl (C=O) groups is 2. The maximum atomic E-state index is 13.3. The fourth-order valence-electron chi connectivity index (χ4n) is 8.74. The number of hydrogen-bond donors (Lipinski definition) is 4. The number of nitrogens with zero attached hydrogens (tertiary/aromatic N) is 2. The van der Waals surface area contributed by atoms with Crippen LogP contribution in [0.5, 0.6) is 11.5 Å². The summed E-state index contributed by atoms with van der Waals surface area (Å²) in [7, 11) is 0. The molecular weight excluding hydrogens is 779 g/mol. The molecule has 0 saturated carbocycles. The van der Waals surface area contributed by atoms with Gasteiger partial charge in [0.25, 0.3) is 0 Å². The Morgan fingerprint density at radius 3 is 2.16 bits per heavy atom. The van der Waals surface area contributed by atoms with Gasteiger partial charge in [0.1, 0.15) is 17.0 Å². The number of amides is 3. The Balaban J connectivity index is 0.831. The van der Waals surface area contributed by atoms with Crippen molar-refractivity contribution in [2.75, 3.05) is 36.5 Å². The maximum absolute atomic E-state index is 13.3. The van der Waals surface area contributed by atoms with Gasteiger partial charge in [-0.05, 0) is 95.3 Å². The lowest BCUT2D eigenvalue weighted by atomic mass is 9.85. The SMILES string of the molecule is O=C(NCc1cccc(-c2ccc(C3OC(CN4CCC5(CC4)C(=O)NCN5c4ccccc4)CC(c4ccc(CO)cc4)O3)cc2)c1)Nc1ccc(Oc2ccccc2)cc1. The van der Waals surface area contributed by atoms with Gasteiger partial charge in [-0.1, -0.05) is 103 Å². The molecule has 316 valence electrons. The highest BCUT2D eigenvalue weighted by Gasteiger charge is 2.50. The number of aliphatic hydroxyl groups excluding tert-OH is 1. The number of benzene rings is 6. The van der Waals surface area contributed by atoms with Crippen LogP contribution in [0.25, 0.3) is 11.1 Å². The topological polar surface area (TPSA) is 125 Å². The van der Waals surface area contributed by atoms with Gasteiger partial charge in [-0.15, -0.1) is 0 Å². The van der Waals surface area contributed by atoms with Crippen molar-refractivity contribution in [2.24, 2.45) is 0 Å². The Kier molecular flexibility index (Phi) is 12.3. The number of likely N-dealkylation sites (tertiary alicyclic amines) is 1. The molecule has 4 N–H and O–H groups in total. The molecule has 3 heterocycles. The molecule has 11 nitrogen and oxygen atoms in total. The molecule has 0 radical (unpaired) electrons. The van der Waals surface area contributed by atoms with Crippen molar-refractivity contribution in [3.8, 4) is 22.6 Å². The largest absolute Gasteiger partial charge is 0.457 e. The van der Waals surface area contributed by atoms with Crippen LogP contribution in [-0.4, -0.2) is 59.9 Å². The Hall–Kier alpha value is -6.50. The lowest BCUT2D eigenvalue weighted by Gasteiger charge is -2.45. The van der Waals surface area contributed by atoms with Crippen molar-refractivity contribution in [1.29, 1.82) is 0 Å². The van der Waals surface area contributed by atoms with Gasteiger partial charge < -0.3 is 45.1 Å². The predicted molar refractivity (Wildman–Crippen MR) is 239 cm³/mol. The minimum atomic E-state index is -0.586. The highest BCUT2D eigenvalue weighted by Crippen LogP contribution is 2.40. The molecule has 11 heteroatoms. The Labute approximate surface area is 362 Å². The van der Waals surface area contributed by atoms with Gasteiger partial charge in [-0.3, -0.25) is 4.79 Å². The highest BCUT2D eigenvalue weighted by atomic mass is 16.7. The van der Waals surface area contributed by atoms with Gasteiger partial charge in [-0.2, -0.15) is 0 Å². The summed E-state index contributed by atoms with van der Waals surface area (Å²) in [5.74, 6) is 1.54. The number of ether oxygens (including phenoxy) is 3. The van der Waals surface area contributed by atoms with E-state index in [1.807, 2.05) is 109 Å². The Morgan fingerprint density at radius 1 is 0.742 bits per heavy atom. The molecule has 0 aromatic heterocycles. The predicted octanol–water partition coefficient (Wildman–Crippen LogP) is 8.93. The number of carbonyl (C=O) groups excluding carboxylic acids is 2. The third kappa shape index (κ3) is 9.36. The number of piperidine rings is 1. The lowest BCUT2D eigenvalue weighted by molar-refractivity contribution is -0.253. The molecule has 3 saturated heterocycles. The molecule has 3 atom stereocenters. The van der Waals surface area contributed by atoms with Crippen molar-refractivity contribution in [2.45, 2.75) is 56.5 Å². The van der Waals surface area contributed by atoms with Crippen molar-refractivity contribution in [3.05, 3.63) is 180 Å². The average Bonchev–Trinajstić information content (AvgIpc) is 3.64. The summed E-state index contributed by atoms with van der Waals surface area (Å²) < 4.78 is 19.3. The molecule has 6 aromatic carbocycles. The number of anilines is 2. The summed E-state index contributed by atoms with van der Waals surface area (Å²) >= 11 is 0. The van der Waals surface area contributed by atoms with Gasteiger partial charge >= 0.3 is 6.03 Å². The van der Waals surface area contributed by atoms with E-state index in [1.54, 1.807) is 0 Å². The van der Waals surface area contributed by atoms with Crippen LogP contribution in [0.15, 0.2) is 158 Å². The van der Waals surface area contributed by atoms with E-state index >= 15 is 0 Å². The maximum Gasteiger partial charge on any atom is 0.319 e. The summed E-state index contributed by atoms with van der Waals surface area (Å²) in [4.78, 5) is 30.8. The number of hydrogen-bond acceptors (Lipinski definition) is 8. The second-order valence-electron chi connectivity index (χ2n) is 16.2. The van der Waals surface area contributed by atoms with Crippen LogP contribution in [0.1, 0.15) is 53.9 Å². The smallest absolute Gasteiger partial charge is 0.319 e. The summed E-state index contributed by atoms with van der Waals surface area (Å²) in [5, 5.41) is 18.6. The minimum absolute atomic E-state index is 0.0148. The third-order valence-corrected chi connectivity index (χ3v) is 12.2. The highest BCUT2D eigenvalue weighted by molar-refractivity contribution is 5.93. The van der Waals surface area contributed by atoms with E-state index in [-0.39, 0.29) is 30.8 Å². The van der Waals surface area contributed by atoms with Gasteiger partial charge in [0, 0.05) is 49.5 Å². The number of para-hydroxylation sites is 2.